The van der Waals surface area contributed by atoms with Crippen molar-refractivity contribution in [1.82, 2.24) is 0 Å². The first-order chi connectivity index (χ1) is 14.3. The molecule has 0 amide bonds. The SMILES string of the molecule is CC=CC=CC(=O)O.CCCOC(=O)c1ccc(O)cc1.O=C(O)c1ccccc1. The second kappa shape index (κ2) is 16.1. The maximum absolute atomic E-state index is 11.2. The van der Waals surface area contributed by atoms with Crippen LogP contribution in [0.2, 0.25) is 0 Å². The summed E-state index contributed by atoms with van der Waals surface area (Å²) in [5, 5.41) is 25.4. The number of hydrogen-bond acceptors (Lipinski definition) is 5. The molecule has 0 aliphatic heterocycles. The highest BCUT2D eigenvalue weighted by Crippen LogP contribution is 2.10. The number of phenols is 1. The van der Waals surface area contributed by atoms with Crippen LogP contribution in [0.3, 0.4) is 0 Å². The largest absolute Gasteiger partial charge is 0.508 e. The fourth-order valence-electron chi connectivity index (χ4n) is 1.71. The molecule has 0 heterocycles. The van der Waals surface area contributed by atoms with Gasteiger partial charge in [0, 0.05) is 6.08 Å². The topological polar surface area (TPSA) is 121 Å². The molecular weight excluding hydrogens is 388 g/mol. The molecule has 0 unspecified atom stereocenters. The third kappa shape index (κ3) is 13.3. The summed E-state index contributed by atoms with van der Waals surface area (Å²) in [4.78, 5) is 31.2. The number of esters is 1. The van der Waals surface area contributed by atoms with Gasteiger partial charge in [0.15, 0.2) is 0 Å². The minimum absolute atomic E-state index is 0.145. The highest BCUT2D eigenvalue weighted by Gasteiger charge is 2.05. The minimum Gasteiger partial charge on any atom is -0.508 e. The first kappa shape index (κ1) is 26.1. The molecule has 0 aliphatic rings. The van der Waals surface area contributed by atoms with Crippen LogP contribution in [-0.4, -0.2) is 39.8 Å². The number of phenolic OH excluding ortho intramolecular Hbond substituents is 1. The van der Waals surface area contributed by atoms with Gasteiger partial charge in [-0.15, -0.1) is 0 Å². The number of hydrogen-bond donors (Lipinski definition) is 3. The summed E-state index contributed by atoms with van der Waals surface area (Å²) in [5.41, 5.74) is 0.795. The molecule has 0 radical (unpaired) electrons. The zero-order valence-electron chi connectivity index (χ0n) is 16.9. The molecule has 160 valence electrons. The Morgan fingerprint density at radius 3 is 1.93 bits per heavy atom. The maximum Gasteiger partial charge on any atom is 0.338 e. The molecule has 0 saturated heterocycles. The van der Waals surface area contributed by atoms with Crippen molar-refractivity contribution in [2.45, 2.75) is 20.3 Å². The van der Waals surface area contributed by atoms with E-state index in [0.29, 0.717) is 17.7 Å². The lowest BCUT2D eigenvalue weighted by Crippen LogP contribution is -2.05. The summed E-state index contributed by atoms with van der Waals surface area (Å²) >= 11 is 0. The van der Waals surface area contributed by atoms with Crippen molar-refractivity contribution in [3.05, 3.63) is 90.0 Å². The van der Waals surface area contributed by atoms with Gasteiger partial charge in [0.2, 0.25) is 0 Å². The first-order valence-electron chi connectivity index (χ1n) is 9.08. The first-order valence-corrected chi connectivity index (χ1v) is 9.08. The van der Waals surface area contributed by atoms with Crippen molar-refractivity contribution in [1.29, 1.82) is 0 Å². The van der Waals surface area contributed by atoms with E-state index in [1.807, 2.05) is 13.8 Å². The van der Waals surface area contributed by atoms with Crippen molar-refractivity contribution in [2.75, 3.05) is 6.61 Å². The number of aliphatic carboxylic acids is 1. The summed E-state index contributed by atoms with van der Waals surface area (Å²) in [6.45, 7) is 4.19. The Labute approximate surface area is 175 Å². The van der Waals surface area contributed by atoms with Crippen LogP contribution in [-0.2, 0) is 9.53 Å². The van der Waals surface area contributed by atoms with Crippen molar-refractivity contribution in [2.24, 2.45) is 0 Å². The number of rotatable bonds is 6. The molecule has 2 rings (SSSR count). The van der Waals surface area contributed by atoms with Gasteiger partial charge >= 0.3 is 17.9 Å². The highest BCUT2D eigenvalue weighted by atomic mass is 16.5. The third-order valence-electron chi connectivity index (χ3n) is 3.10. The normalized spacial score (nSPS) is 9.80. The summed E-state index contributed by atoms with van der Waals surface area (Å²) in [7, 11) is 0. The number of carboxylic acids is 2. The van der Waals surface area contributed by atoms with E-state index < -0.39 is 11.9 Å². The van der Waals surface area contributed by atoms with Crippen LogP contribution in [0.15, 0.2) is 78.9 Å². The van der Waals surface area contributed by atoms with Crippen molar-refractivity contribution >= 4 is 17.9 Å². The quantitative estimate of drug-likeness (QED) is 0.360. The fourth-order valence-corrected chi connectivity index (χ4v) is 1.71. The predicted octanol–water partition coefficient (Wildman–Crippen LogP) is 4.55. The second-order valence-corrected chi connectivity index (χ2v) is 5.58. The number of aromatic hydroxyl groups is 1. The average Bonchev–Trinajstić information content (AvgIpc) is 2.74. The molecule has 2 aromatic rings. The summed E-state index contributed by atoms with van der Waals surface area (Å²) in [5.74, 6) is -1.99. The lowest BCUT2D eigenvalue weighted by Gasteiger charge is -2.02. The van der Waals surface area contributed by atoms with Gasteiger partial charge in [-0.05, 0) is 49.7 Å². The lowest BCUT2D eigenvalue weighted by molar-refractivity contribution is -0.131. The van der Waals surface area contributed by atoms with Gasteiger partial charge in [-0.3, -0.25) is 0 Å². The predicted molar refractivity (Wildman–Crippen MR) is 114 cm³/mol. The van der Waals surface area contributed by atoms with Gasteiger partial charge in [0.05, 0.1) is 17.7 Å². The van der Waals surface area contributed by atoms with Gasteiger partial charge in [-0.25, -0.2) is 14.4 Å². The van der Waals surface area contributed by atoms with E-state index >= 15 is 0 Å². The van der Waals surface area contributed by atoms with Gasteiger partial charge in [-0.1, -0.05) is 43.4 Å². The van der Waals surface area contributed by atoms with Crippen molar-refractivity contribution in [3.8, 4) is 5.75 Å². The van der Waals surface area contributed by atoms with Crippen LogP contribution in [0.1, 0.15) is 41.0 Å². The molecule has 7 nitrogen and oxygen atoms in total. The van der Waals surface area contributed by atoms with Gasteiger partial charge < -0.3 is 20.1 Å². The van der Waals surface area contributed by atoms with E-state index in [2.05, 4.69) is 0 Å². The van der Waals surface area contributed by atoms with Gasteiger partial charge in [0.25, 0.3) is 0 Å². The molecule has 3 N–H and O–H groups in total. The van der Waals surface area contributed by atoms with Crippen molar-refractivity contribution in [3.63, 3.8) is 0 Å². The summed E-state index contributed by atoms with van der Waals surface area (Å²) in [6.07, 6.45) is 6.79. The number of carboxylic acid groups (broad SMARTS) is 2. The van der Waals surface area contributed by atoms with E-state index in [1.54, 1.807) is 42.5 Å². The molecule has 0 bridgehead atoms. The molecule has 0 aromatic heterocycles. The number of carbonyl (C=O) groups excluding carboxylic acids is 1. The Morgan fingerprint density at radius 2 is 1.50 bits per heavy atom. The molecule has 0 fully saturated rings. The average molecular weight is 414 g/mol. The number of allylic oxidation sites excluding steroid dienone is 3. The van der Waals surface area contributed by atoms with Gasteiger partial charge in [0.1, 0.15) is 5.75 Å². The lowest BCUT2D eigenvalue weighted by atomic mass is 10.2. The number of aromatic carboxylic acids is 1. The molecule has 0 saturated carbocycles. The Kier molecular flexibility index (Phi) is 14.0. The highest BCUT2D eigenvalue weighted by molar-refractivity contribution is 5.89. The van der Waals surface area contributed by atoms with E-state index in [1.165, 1.54) is 30.3 Å². The zero-order chi connectivity index (χ0) is 22.8. The molecular formula is C23H26O7. The monoisotopic (exact) mass is 414 g/mol. The smallest absolute Gasteiger partial charge is 0.338 e. The van der Waals surface area contributed by atoms with E-state index in [-0.39, 0.29) is 11.7 Å². The molecule has 0 spiro atoms. The van der Waals surface area contributed by atoms with Crippen LogP contribution in [0, 0.1) is 0 Å². The maximum atomic E-state index is 11.2. The van der Waals surface area contributed by atoms with E-state index in [0.717, 1.165) is 12.5 Å². The van der Waals surface area contributed by atoms with Gasteiger partial charge in [-0.2, -0.15) is 0 Å². The molecule has 2 aromatic carbocycles. The van der Waals surface area contributed by atoms with Crippen LogP contribution >= 0.6 is 0 Å². The molecule has 0 aliphatic carbocycles. The number of benzene rings is 2. The zero-order valence-corrected chi connectivity index (χ0v) is 16.9. The Bertz CT molecular complexity index is 822. The summed E-state index contributed by atoms with van der Waals surface area (Å²) in [6, 6.07) is 14.3. The van der Waals surface area contributed by atoms with Crippen molar-refractivity contribution < 1.29 is 34.4 Å². The Balaban J connectivity index is 0.000000438. The fraction of sp³-hybridized carbons (Fsp3) is 0.174. The number of carbonyl (C=O) groups is 3. The summed E-state index contributed by atoms with van der Waals surface area (Å²) < 4.78 is 4.90. The molecule has 0 atom stereocenters. The Hall–Kier alpha value is -3.87. The molecule has 30 heavy (non-hydrogen) atoms. The molecule has 7 heteroatoms. The number of ether oxygens (including phenoxy) is 1. The van der Waals surface area contributed by atoms with E-state index in [9.17, 15) is 14.4 Å². The van der Waals surface area contributed by atoms with Crippen LogP contribution < -0.4 is 0 Å². The standard InChI is InChI=1S/C10H12O3.C7H6O2.C6H8O2/c1-2-7-13-10(12)8-3-5-9(11)6-4-8;8-7(9)6-4-2-1-3-5-6;1-2-3-4-5-6(7)8/h3-6,11H,2,7H2,1H3;1-5H,(H,8,9);2-5H,1H3,(H,7,8). The van der Waals surface area contributed by atoms with Crippen LogP contribution in [0.25, 0.3) is 0 Å². The van der Waals surface area contributed by atoms with Crippen LogP contribution in [0.5, 0.6) is 5.75 Å². The second-order valence-electron chi connectivity index (χ2n) is 5.58. The van der Waals surface area contributed by atoms with Crippen LogP contribution in [0.4, 0.5) is 0 Å². The minimum atomic E-state index is -0.914. The third-order valence-corrected chi connectivity index (χ3v) is 3.10. The Morgan fingerprint density at radius 1 is 0.900 bits per heavy atom. The van der Waals surface area contributed by atoms with E-state index in [4.69, 9.17) is 20.1 Å².